The molecule has 0 heterocycles. The highest BCUT2D eigenvalue weighted by Crippen LogP contribution is 2.06. The van der Waals surface area contributed by atoms with E-state index in [1.54, 1.807) is 19.2 Å². The van der Waals surface area contributed by atoms with Crippen LogP contribution in [0.25, 0.3) is 0 Å². The average Bonchev–Trinajstić information content (AvgIpc) is 2.41. The Hall–Kier alpha value is -1.62. The molecule has 5 heteroatoms. The van der Waals surface area contributed by atoms with E-state index in [0.29, 0.717) is 19.7 Å². The molecule has 106 valence electrons. The van der Waals surface area contributed by atoms with Crippen LogP contribution in [0, 0.1) is 5.82 Å². The Balaban J connectivity index is 2.01. The van der Waals surface area contributed by atoms with Crippen molar-refractivity contribution in [2.75, 3.05) is 26.8 Å². The Labute approximate surface area is 113 Å². The highest BCUT2D eigenvalue weighted by atomic mass is 19.1. The first kappa shape index (κ1) is 15.4. The van der Waals surface area contributed by atoms with Gasteiger partial charge in [0.05, 0.1) is 6.61 Å². The van der Waals surface area contributed by atoms with Crippen LogP contribution in [0.2, 0.25) is 0 Å². The standard InChI is InChI=1S/C14H21FN2O2/c1-19-11-10-17-14(18)16-9-3-2-4-12-5-7-13(15)8-6-12/h5-8H,2-4,9-11H2,1H3,(H2,16,17,18). The van der Waals surface area contributed by atoms with Gasteiger partial charge in [0.1, 0.15) is 5.82 Å². The molecular weight excluding hydrogens is 247 g/mol. The fourth-order valence-corrected chi connectivity index (χ4v) is 1.64. The third-order valence-electron chi connectivity index (χ3n) is 2.68. The topological polar surface area (TPSA) is 50.4 Å². The third-order valence-corrected chi connectivity index (χ3v) is 2.68. The quantitative estimate of drug-likeness (QED) is 0.709. The zero-order chi connectivity index (χ0) is 13.9. The minimum Gasteiger partial charge on any atom is -0.383 e. The van der Waals surface area contributed by atoms with Gasteiger partial charge >= 0.3 is 6.03 Å². The van der Waals surface area contributed by atoms with Gasteiger partial charge in [0.2, 0.25) is 0 Å². The molecule has 2 N–H and O–H groups in total. The number of urea groups is 1. The normalized spacial score (nSPS) is 10.2. The average molecular weight is 268 g/mol. The number of halogens is 1. The molecule has 0 unspecified atom stereocenters. The van der Waals surface area contributed by atoms with Crippen molar-refractivity contribution in [1.29, 1.82) is 0 Å². The van der Waals surface area contributed by atoms with E-state index in [-0.39, 0.29) is 11.8 Å². The van der Waals surface area contributed by atoms with Crippen LogP contribution in [0.1, 0.15) is 18.4 Å². The molecule has 0 aliphatic carbocycles. The summed E-state index contributed by atoms with van der Waals surface area (Å²) in [5.74, 6) is -0.210. The maximum atomic E-state index is 12.7. The van der Waals surface area contributed by atoms with Crippen LogP contribution in [0.3, 0.4) is 0 Å². The molecule has 0 atom stereocenters. The summed E-state index contributed by atoms with van der Waals surface area (Å²) in [5.41, 5.74) is 1.12. The van der Waals surface area contributed by atoms with Gasteiger partial charge in [-0.05, 0) is 37.0 Å². The summed E-state index contributed by atoms with van der Waals surface area (Å²) in [7, 11) is 1.59. The van der Waals surface area contributed by atoms with E-state index in [9.17, 15) is 9.18 Å². The zero-order valence-corrected chi connectivity index (χ0v) is 11.2. The molecule has 0 spiro atoms. The van der Waals surface area contributed by atoms with Gasteiger partial charge in [-0.1, -0.05) is 12.1 Å². The molecule has 1 rings (SSSR count). The van der Waals surface area contributed by atoms with Crippen molar-refractivity contribution in [2.45, 2.75) is 19.3 Å². The molecule has 1 aromatic rings. The monoisotopic (exact) mass is 268 g/mol. The molecular formula is C14H21FN2O2. The van der Waals surface area contributed by atoms with E-state index in [2.05, 4.69) is 10.6 Å². The summed E-state index contributed by atoms with van der Waals surface area (Å²) in [6, 6.07) is 6.35. The number of hydrogen-bond donors (Lipinski definition) is 2. The van der Waals surface area contributed by atoms with Gasteiger partial charge in [-0.2, -0.15) is 0 Å². The van der Waals surface area contributed by atoms with Gasteiger partial charge < -0.3 is 15.4 Å². The Morgan fingerprint density at radius 3 is 2.53 bits per heavy atom. The van der Waals surface area contributed by atoms with E-state index in [0.717, 1.165) is 24.8 Å². The second-order valence-corrected chi connectivity index (χ2v) is 4.26. The molecule has 0 radical (unpaired) electrons. The fourth-order valence-electron chi connectivity index (χ4n) is 1.64. The van der Waals surface area contributed by atoms with Gasteiger partial charge in [-0.3, -0.25) is 0 Å². The Morgan fingerprint density at radius 2 is 1.84 bits per heavy atom. The van der Waals surface area contributed by atoms with Gasteiger partial charge in [0, 0.05) is 20.2 Å². The van der Waals surface area contributed by atoms with Crippen LogP contribution in [0.5, 0.6) is 0 Å². The van der Waals surface area contributed by atoms with Gasteiger partial charge in [-0.15, -0.1) is 0 Å². The number of carbonyl (C=O) groups is 1. The van der Waals surface area contributed by atoms with Crippen LogP contribution in [-0.4, -0.2) is 32.8 Å². The predicted molar refractivity (Wildman–Crippen MR) is 72.6 cm³/mol. The van der Waals surface area contributed by atoms with E-state index < -0.39 is 0 Å². The van der Waals surface area contributed by atoms with Gasteiger partial charge in [0.15, 0.2) is 0 Å². The van der Waals surface area contributed by atoms with Crippen LogP contribution < -0.4 is 10.6 Å². The Bertz CT molecular complexity index is 368. The number of ether oxygens (including phenoxy) is 1. The summed E-state index contributed by atoms with van der Waals surface area (Å²) >= 11 is 0. The molecule has 0 fully saturated rings. The Kier molecular flexibility index (Phi) is 7.58. The number of unbranched alkanes of at least 4 members (excludes halogenated alkanes) is 1. The number of carbonyl (C=O) groups excluding carboxylic acids is 1. The van der Waals surface area contributed by atoms with E-state index in [4.69, 9.17) is 4.74 Å². The number of methoxy groups -OCH3 is 1. The molecule has 19 heavy (non-hydrogen) atoms. The zero-order valence-electron chi connectivity index (χ0n) is 11.2. The maximum Gasteiger partial charge on any atom is 0.314 e. The molecule has 4 nitrogen and oxygen atoms in total. The molecule has 0 bridgehead atoms. The van der Waals surface area contributed by atoms with E-state index in [1.165, 1.54) is 12.1 Å². The lowest BCUT2D eigenvalue weighted by molar-refractivity contribution is 0.196. The van der Waals surface area contributed by atoms with Gasteiger partial charge in [-0.25, -0.2) is 9.18 Å². The van der Waals surface area contributed by atoms with Crippen LogP contribution in [0.4, 0.5) is 9.18 Å². The van der Waals surface area contributed by atoms with Crippen LogP contribution in [-0.2, 0) is 11.2 Å². The lowest BCUT2D eigenvalue weighted by atomic mass is 10.1. The first-order valence-corrected chi connectivity index (χ1v) is 6.47. The van der Waals surface area contributed by atoms with Crippen molar-refractivity contribution >= 4 is 6.03 Å². The van der Waals surface area contributed by atoms with Gasteiger partial charge in [0.25, 0.3) is 0 Å². The molecule has 2 amide bonds. The molecule has 0 aromatic heterocycles. The number of nitrogens with one attached hydrogen (secondary N) is 2. The van der Waals surface area contributed by atoms with Crippen LogP contribution in [0.15, 0.2) is 24.3 Å². The van der Waals surface area contributed by atoms with Crippen LogP contribution >= 0.6 is 0 Å². The maximum absolute atomic E-state index is 12.7. The molecule has 0 saturated carbocycles. The smallest absolute Gasteiger partial charge is 0.314 e. The number of hydrogen-bond acceptors (Lipinski definition) is 2. The Morgan fingerprint density at radius 1 is 1.16 bits per heavy atom. The number of rotatable bonds is 8. The first-order chi connectivity index (χ1) is 9.22. The molecule has 0 saturated heterocycles. The summed E-state index contributed by atoms with van der Waals surface area (Å²) in [6.07, 6.45) is 2.76. The van der Waals surface area contributed by atoms with E-state index >= 15 is 0 Å². The second-order valence-electron chi connectivity index (χ2n) is 4.26. The minimum atomic E-state index is -0.210. The summed E-state index contributed by atoms with van der Waals surface area (Å²) in [4.78, 5) is 11.3. The first-order valence-electron chi connectivity index (χ1n) is 6.47. The van der Waals surface area contributed by atoms with Crippen molar-refractivity contribution in [1.82, 2.24) is 10.6 Å². The van der Waals surface area contributed by atoms with Crippen molar-refractivity contribution < 1.29 is 13.9 Å². The van der Waals surface area contributed by atoms with Crippen molar-refractivity contribution in [3.05, 3.63) is 35.6 Å². The highest BCUT2D eigenvalue weighted by Gasteiger charge is 1.98. The SMILES string of the molecule is COCCNC(=O)NCCCCc1ccc(F)cc1. The lowest BCUT2D eigenvalue weighted by Gasteiger charge is -2.07. The number of aryl methyl sites for hydroxylation is 1. The summed E-state index contributed by atoms with van der Waals surface area (Å²) in [6.45, 7) is 1.66. The minimum absolute atomic E-state index is 0.168. The lowest BCUT2D eigenvalue weighted by Crippen LogP contribution is -2.37. The second kappa shape index (κ2) is 9.33. The largest absolute Gasteiger partial charge is 0.383 e. The molecule has 1 aromatic carbocycles. The number of amides is 2. The van der Waals surface area contributed by atoms with Crippen molar-refractivity contribution in [2.24, 2.45) is 0 Å². The fraction of sp³-hybridized carbons (Fsp3) is 0.500. The van der Waals surface area contributed by atoms with Crippen molar-refractivity contribution in [3.63, 3.8) is 0 Å². The number of benzene rings is 1. The summed E-state index contributed by atoms with van der Waals surface area (Å²) in [5, 5.41) is 5.45. The highest BCUT2D eigenvalue weighted by molar-refractivity contribution is 5.73. The molecule has 0 aliphatic rings. The predicted octanol–water partition coefficient (Wildman–Crippen LogP) is 2.09. The molecule has 0 aliphatic heterocycles. The van der Waals surface area contributed by atoms with Crippen molar-refractivity contribution in [3.8, 4) is 0 Å². The summed E-state index contributed by atoms with van der Waals surface area (Å²) < 4.78 is 17.5. The third kappa shape index (κ3) is 7.41. The van der Waals surface area contributed by atoms with E-state index in [1.807, 2.05) is 0 Å².